The lowest BCUT2D eigenvalue weighted by Crippen LogP contribution is -2.40. The molecule has 8 bridgehead atoms. The number of aromatic amines is 2. The maximum Gasteiger partial charge on any atom is 0.221 e. The highest BCUT2D eigenvalue weighted by molar-refractivity contribution is 6.08. The quantitative estimate of drug-likeness (QED) is 0.0174. The Bertz CT molecular complexity index is 3640. The summed E-state index contributed by atoms with van der Waals surface area (Å²) < 4.78 is 45.8. The van der Waals surface area contributed by atoms with Crippen LogP contribution in [-0.4, -0.2) is 314 Å². The summed E-state index contributed by atoms with van der Waals surface area (Å²) in [4.78, 5) is 34.8. The fourth-order valence-electron chi connectivity index (χ4n) is 8.63. The van der Waals surface area contributed by atoms with Gasteiger partial charge in [0.05, 0.1) is 0 Å². The van der Waals surface area contributed by atoms with Crippen LogP contribution in [0.15, 0.2) is 48.5 Å². The van der Waals surface area contributed by atoms with Crippen LogP contribution in [0.25, 0.3) is 89.7 Å². The number of ether oxygens (including phenoxy) is 8. The van der Waals surface area contributed by atoms with Gasteiger partial charge in [0.2, 0.25) is 46.3 Å². The third-order valence-corrected chi connectivity index (χ3v) is 13.8. The van der Waals surface area contributed by atoms with Gasteiger partial charge in [-0.25, -0.2) is 29.9 Å². The second kappa shape index (κ2) is 27.7. The molecule has 522 valence electrons. The topological polar surface area (TPSA) is 668 Å². The molecule has 0 aliphatic carbocycles. The normalized spacial score (nSPS) is 13.2. The van der Waals surface area contributed by atoms with Gasteiger partial charge in [0.15, 0.2) is 69.3 Å². The van der Waals surface area contributed by atoms with Crippen molar-refractivity contribution in [1.82, 2.24) is 39.9 Å². The third-order valence-electron chi connectivity index (χ3n) is 13.8. The fourth-order valence-corrected chi connectivity index (χ4v) is 8.63. The molecule has 40 nitrogen and oxygen atoms in total. The number of fused-ring (bicyclic) bond motifs is 20. The second-order valence-corrected chi connectivity index (χ2v) is 22.4. The van der Waals surface area contributed by atoms with Crippen LogP contribution in [0.5, 0.6) is 46.0 Å². The average molecular weight is 1360 g/mol. The number of rotatable bonds is 32. The minimum absolute atomic E-state index is 0.0790. The zero-order valence-corrected chi connectivity index (χ0v) is 49.6. The Kier molecular flexibility index (Phi) is 20.7. The smallest absolute Gasteiger partial charge is 0.221 e. The zero-order chi connectivity index (χ0) is 70.1. The first-order valence-corrected chi connectivity index (χ1v) is 28.0. The SMILES string of the molecule is OCC(O)(O)COc1cc2c(cc1OCC(O)(O)CO)-c1nc-2nc2[nH]c(nc3nc(nc4[nH]c(n1)c1cc(OCC(O)(O)CO)c(OCC(O)(O)CO)cc41)-c1cc(OCC(O)(O)CO)c(OCC(O)(O)CO)cc1-3)c1cc(OCC(O)(O)CO)c(OCC(O)(O)CO)cc21. The van der Waals surface area contributed by atoms with Gasteiger partial charge in [0, 0.05) is 43.8 Å². The summed E-state index contributed by atoms with van der Waals surface area (Å²) in [5, 5.41) is 244. The van der Waals surface area contributed by atoms with Crippen LogP contribution in [0, 0.1) is 0 Å². The van der Waals surface area contributed by atoms with E-state index in [0.717, 1.165) is 48.5 Å². The number of hydrogen-bond donors (Lipinski definition) is 26. The number of aliphatic hydroxyl groups is 24. The summed E-state index contributed by atoms with van der Waals surface area (Å²) in [5.41, 5.74) is -1.57. The van der Waals surface area contributed by atoms with Crippen molar-refractivity contribution in [3.05, 3.63) is 48.5 Å². The fraction of sp³-hybridized carbons (Fsp3) is 0.429. The van der Waals surface area contributed by atoms with Crippen LogP contribution in [-0.2, 0) is 0 Å². The van der Waals surface area contributed by atoms with Crippen LogP contribution in [0.2, 0.25) is 0 Å². The highest BCUT2D eigenvalue weighted by Gasteiger charge is 2.35. The molecule has 2 aliphatic rings. The summed E-state index contributed by atoms with van der Waals surface area (Å²) in [5.74, 6) is -28.6. The Labute approximate surface area is 535 Å². The van der Waals surface area contributed by atoms with E-state index < -0.39 is 198 Å². The molecule has 0 unspecified atom stereocenters. The summed E-state index contributed by atoms with van der Waals surface area (Å²) in [6.45, 7) is -19.1. The number of benzene rings is 4. The molecule has 0 radical (unpaired) electrons. The molecule has 0 fully saturated rings. The first-order valence-electron chi connectivity index (χ1n) is 28.0. The van der Waals surface area contributed by atoms with Crippen molar-refractivity contribution < 1.29 is 160 Å². The van der Waals surface area contributed by atoms with Gasteiger partial charge in [-0.15, -0.1) is 0 Å². The van der Waals surface area contributed by atoms with Gasteiger partial charge in [0.1, 0.15) is 128 Å². The number of hydrogen-bond acceptors (Lipinski definition) is 38. The molecule has 0 spiro atoms. The van der Waals surface area contributed by atoms with Gasteiger partial charge in [-0.05, 0) is 48.5 Å². The molecule has 9 rings (SSSR count). The van der Waals surface area contributed by atoms with E-state index in [1.54, 1.807) is 0 Å². The van der Waals surface area contributed by atoms with E-state index in [1.807, 2.05) is 0 Å². The minimum atomic E-state index is -2.93. The molecule has 0 atom stereocenters. The first kappa shape index (κ1) is 72.0. The molecule has 40 heteroatoms. The molecule has 0 saturated carbocycles. The van der Waals surface area contributed by atoms with Crippen LogP contribution in [0.3, 0.4) is 0 Å². The number of nitrogens with one attached hydrogen (secondary N) is 2. The predicted molar refractivity (Wildman–Crippen MR) is 314 cm³/mol. The zero-order valence-electron chi connectivity index (χ0n) is 49.6. The summed E-state index contributed by atoms with van der Waals surface area (Å²) >= 11 is 0. The molecule has 5 heterocycles. The summed E-state index contributed by atoms with van der Waals surface area (Å²) in [6.07, 6.45) is 0. The number of aliphatic hydroxyl groups excluding tert-OH is 8. The monoisotopic (exact) mass is 1360 g/mol. The standard InChI is InChI=1S/C56H66N8O32/c65-9-49(73,74)17-89-33-1-25-26(2-34(33)90-18-50(75,76)10-66)42-57-41(25)61-43-27-3-35(91-19-51(77,78)11-67)36(92-20-52(79,80)12-68)4-28(27)45(58-43)63-47-31-7-39(95-23-55(85,86)15-71)40(96-24-56(87,88)16-72)8-32(31)48(60-47)64-46-30-6-38(94-22-54(83,84)14-70)37(93-21-53(81,82)13-69)5-29(30)44(59-46)62-42/h1-8,65-88H,9-24H2,(H2,57,58,59,60,61,62,63,64). The van der Waals surface area contributed by atoms with Gasteiger partial charge in [0.25, 0.3) is 0 Å². The van der Waals surface area contributed by atoms with Crippen molar-refractivity contribution in [1.29, 1.82) is 0 Å². The van der Waals surface area contributed by atoms with Gasteiger partial charge in [-0.2, -0.15) is 0 Å². The molecular formula is C56H66N8O32. The summed E-state index contributed by atoms with van der Waals surface area (Å²) in [7, 11) is 0. The largest absolute Gasteiger partial charge is 0.484 e. The Morgan fingerprint density at radius 1 is 0.229 bits per heavy atom. The highest BCUT2D eigenvalue weighted by atomic mass is 16.6. The van der Waals surface area contributed by atoms with E-state index in [2.05, 4.69) is 9.97 Å². The lowest BCUT2D eigenvalue weighted by Gasteiger charge is -2.23. The molecule has 7 aromatic rings. The van der Waals surface area contributed by atoms with Gasteiger partial charge < -0.3 is 170 Å². The number of nitrogens with zero attached hydrogens (tertiary/aromatic N) is 6. The van der Waals surface area contributed by atoms with E-state index in [-0.39, 0.29) is 89.7 Å². The van der Waals surface area contributed by atoms with Crippen LogP contribution >= 0.6 is 0 Å². The third kappa shape index (κ3) is 16.7. The molecule has 26 N–H and O–H groups in total. The Morgan fingerprint density at radius 3 is 0.521 bits per heavy atom. The summed E-state index contributed by atoms with van der Waals surface area (Å²) in [6, 6.07) is 9.12. The predicted octanol–water partition coefficient (Wildman–Crippen LogP) is -8.71. The van der Waals surface area contributed by atoms with Crippen molar-refractivity contribution in [3.8, 4) is 91.5 Å². The van der Waals surface area contributed by atoms with Crippen molar-refractivity contribution in [2.75, 3.05) is 106 Å². The van der Waals surface area contributed by atoms with Crippen molar-refractivity contribution in [3.63, 3.8) is 0 Å². The average Bonchev–Trinajstić information content (AvgIpc) is 1.59. The molecule has 0 amide bonds. The molecule has 2 aliphatic heterocycles. The Balaban J connectivity index is 1.47. The second-order valence-electron chi connectivity index (χ2n) is 22.4. The van der Waals surface area contributed by atoms with Crippen molar-refractivity contribution >= 4 is 44.1 Å². The molecule has 96 heavy (non-hydrogen) atoms. The molecule has 3 aromatic heterocycles. The van der Waals surface area contributed by atoms with E-state index in [1.165, 1.54) is 0 Å². The van der Waals surface area contributed by atoms with Gasteiger partial charge in [-0.3, -0.25) is 0 Å². The van der Waals surface area contributed by atoms with E-state index in [4.69, 9.17) is 67.8 Å². The van der Waals surface area contributed by atoms with E-state index in [0.29, 0.717) is 0 Å². The Hall–Kier alpha value is -8.32. The van der Waals surface area contributed by atoms with Crippen molar-refractivity contribution in [2.24, 2.45) is 0 Å². The first-order chi connectivity index (χ1) is 45.0. The van der Waals surface area contributed by atoms with Crippen LogP contribution in [0.4, 0.5) is 0 Å². The van der Waals surface area contributed by atoms with E-state index in [9.17, 15) is 123 Å². The molecule has 0 saturated heterocycles. The highest BCUT2D eigenvalue weighted by Crippen LogP contribution is 2.47. The lowest BCUT2D eigenvalue weighted by atomic mass is 10.1. The van der Waals surface area contributed by atoms with Crippen molar-refractivity contribution in [2.45, 2.75) is 46.3 Å². The lowest BCUT2D eigenvalue weighted by molar-refractivity contribution is -0.206. The van der Waals surface area contributed by atoms with Gasteiger partial charge >= 0.3 is 0 Å². The maximum absolute atomic E-state index is 10.4. The molecule has 4 aromatic carbocycles. The van der Waals surface area contributed by atoms with E-state index >= 15 is 0 Å². The number of aromatic nitrogens is 8. The number of H-pyrrole nitrogens is 2. The molecular weight excluding hydrogens is 1300 g/mol. The minimum Gasteiger partial charge on any atom is -0.484 e. The Morgan fingerprint density at radius 2 is 0.375 bits per heavy atom. The van der Waals surface area contributed by atoms with Crippen LogP contribution < -0.4 is 37.9 Å². The maximum atomic E-state index is 10.4. The van der Waals surface area contributed by atoms with Gasteiger partial charge in [-0.1, -0.05) is 0 Å². The van der Waals surface area contributed by atoms with Crippen LogP contribution in [0.1, 0.15) is 0 Å².